The first-order valence-corrected chi connectivity index (χ1v) is 5.79. The van der Waals surface area contributed by atoms with Crippen LogP contribution in [0, 0.1) is 0 Å². The molecule has 0 spiro atoms. The van der Waals surface area contributed by atoms with E-state index in [9.17, 15) is 4.79 Å². The van der Waals surface area contributed by atoms with Crippen molar-refractivity contribution in [2.75, 3.05) is 0 Å². The second-order valence-corrected chi connectivity index (χ2v) is 4.77. The maximum atomic E-state index is 11.0. The van der Waals surface area contributed by atoms with E-state index in [2.05, 4.69) is 27.7 Å². The van der Waals surface area contributed by atoms with Crippen molar-refractivity contribution < 1.29 is 9.90 Å². The molecule has 0 fully saturated rings. The molecule has 0 radical (unpaired) electrons. The van der Waals surface area contributed by atoms with Gasteiger partial charge in [-0.1, -0.05) is 33.8 Å². The minimum absolute atomic E-state index is 0.0385. The molecule has 0 saturated carbocycles. The SMILES string of the molecule is CCc1ccc(C(=O)O)cc1C(C)(C)CC. The number of hydrogen-bond acceptors (Lipinski definition) is 1. The molecule has 88 valence electrons. The lowest BCUT2D eigenvalue weighted by atomic mass is 9.78. The Morgan fingerprint density at radius 3 is 2.38 bits per heavy atom. The summed E-state index contributed by atoms with van der Waals surface area (Å²) in [5.74, 6) is -0.851. The molecule has 0 atom stereocenters. The fourth-order valence-electron chi connectivity index (χ4n) is 1.84. The van der Waals surface area contributed by atoms with Crippen molar-refractivity contribution in [1.82, 2.24) is 0 Å². The van der Waals surface area contributed by atoms with Crippen LogP contribution in [0.5, 0.6) is 0 Å². The van der Waals surface area contributed by atoms with E-state index in [0.717, 1.165) is 18.4 Å². The van der Waals surface area contributed by atoms with Crippen LogP contribution in [0.2, 0.25) is 0 Å². The Kier molecular flexibility index (Phi) is 3.74. The highest BCUT2D eigenvalue weighted by Gasteiger charge is 2.22. The average molecular weight is 220 g/mol. The molecule has 16 heavy (non-hydrogen) atoms. The van der Waals surface area contributed by atoms with Crippen molar-refractivity contribution in [3.05, 3.63) is 34.9 Å². The molecule has 2 nitrogen and oxygen atoms in total. The van der Waals surface area contributed by atoms with Crippen molar-refractivity contribution >= 4 is 5.97 Å². The molecule has 0 unspecified atom stereocenters. The third kappa shape index (κ3) is 2.43. The third-order valence-electron chi connectivity index (χ3n) is 3.35. The summed E-state index contributed by atoms with van der Waals surface area (Å²) in [6.45, 7) is 8.55. The van der Waals surface area contributed by atoms with Crippen LogP contribution in [0.25, 0.3) is 0 Å². The van der Waals surface area contributed by atoms with E-state index in [1.807, 2.05) is 12.1 Å². The van der Waals surface area contributed by atoms with Gasteiger partial charge in [-0.2, -0.15) is 0 Å². The zero-order chi connectivity index (χ0) is 12.3. The van der Waals surface area contributed by atoms with E-state index >= 15 is 0 Å². The van der Waals surface area contributed by atoms with Gasteiger partial charge < -0.3 is 5.11 Å². The van der Waals surface area contributed by atoms with Crippen molar-refractivity contribution in [2.45, 2.75) is 46.0 Å². The number of benzene rings is 1. The van der Waals surface area contributed by atoms with Crippen molar-refractivity contribution in [3.8, 4) is 0 Å². The zero-order valence-electron chi connectivity index (χ0n) is 10.5. The van der Waals surface area contributed by atoms with Gasteiger partial charge in [0.15, 0.2) is 0 Å². The first kappa shape index (κ1) is 12.8. The first-order chi connectivity index (χ1) is 7.42. The summed E-state index contributed by atoms with van der Waals surface area (Å²) in [6.07, 6.45) is 1.95. The van der Waals surface area contributed by atoms with Gasteiger partial charge in [-0.05, 0) is 41.5 Å². The monoisotopic (exact) mass is 220 g/mol. The second-order valence-electron chi connectivity index (χ2n) is 4.77. The lowest BCUT2D eigenvalue weighted by molar-refractivity contribution is 0.0696. The van der Waals surface area contributed by atoms with Crippen LogP contribution < -0.4 is 0 Å². The lowest BCUT2D eigenvalue weighted by Gasteiger charge is -2.26. The number of hydrogen-bond donors (Lipinski definition) is 1. The molecule has 0 bridgehead atoms. The lowest BCUT2D eigenvalue weighted by Crippen LogP contribution is -2.18. The Hall–Kier alpha value is -1.31. The van der Waals surface area contributed by atoms with E-state index in [4.69, 9.17) is 5.11 Å². The molecule has 1 aromatic carbocycles. The highest BCUT2D eigenvalue weighted by atomic mass is 16.4. The molecule has 0 aromatic heterocycles. The summed E-state index contributed by atoms with van der Waals surface area (Å²) >= 11 is 0. The molecule has 0 heterocycles. The van der Waals surface area contributed by atoms with Crippen LogP contribution in [0.1, 0.15) is 55.6 Å². The topological polar surface area (TPSA) is 37.3 Å². The number of carbonyl (C=O) groups is 1. The summed E-state index contributed by atoms with van der Waals surface area (Å²) < 4.78 is 0. The van der Waals surface area contributed by atoms with Crippen molar-refractivity contribution in [3.63, 3.8) is 0 Å². The molecule has 0 saturated heterocycles. The van der Waals surface area contributed by atoms with Gasteiger partial charge in [0.05, 0.1) is 5.56 Å². The molecule has 1 rings (SSSR count). The quantitative estimate of drug-likeness (QED) is 0.841. The highest BCUT2D eigenvalue weighted by molar-refractivity contribution is 5.88. The molecule has 2 heteroatoms. The maximum Gasteiger partial charge on any atom is 0.335 e. The van der Waals surface area contributed by atoms with Crippen LogP contribution in [0.4, 0.5) is 0 Å². The summed E-state index contributed by atoms with van der Waals surface area (Å²) in [4.78, 5) is 11.0. The third-order valence-corrected chi connectivity index (χ3v) is 3.35. The minimum Gasteiger partial charge on any atom is -0.478 e. The molecule has 0 amide bonds. The fraction of sp³-hybridized carbons (Fsp3) is 0.500. The van der Waals surface area contributed by atoms with Gasteiger partial charge in [-0.25, -0.2) is 4.79 Å². The Balaban J connectivity index is 3.33. The van der Waals surface area contributed by atoms with Gasteiger partial charge >= 0.3 is 5.97 Å². The fourth-order valence-corrected chi connectivity index (χ4v) is 1.84. The number of aryl methyl sites for hydroxylation is 1. The molecule has 0 aliphatic rings. The van der Waals surface area contributed by atoms with Gasteiger partial charge in [0.25, 0.3) is 0 Å². The standard InChI is InChI=1S/C14H20O2/c1-5-10-7-8-11(13(15)16)9-12(10)14(3,4)6-2/h7-9H,5-6H2,1-4H3,(H,15,16). The Morgan fingerprint density at radius 1 is 1.31 bits per heavy atom. The van der Waals surface area contributed by atoms with Gasteiger partial charge in [-0.15, -0.1) is 0 Å². The van der Waals surface area contributed by atoms with Crippen molar-refractivity contribution in [1.29, 1.82) is 0 Å². The van der Waals surface area contributed by atoms with E-state index in [1.54, 1.807) is 6.07 Å². The molecule has 1 aromatic rings. The summed E-state index contributed by atoms with van der Waals surface area (Å²) in [7, 11) is 0. The van der Waals surface area contributed by atoms with Crippen LogP contribution in [-0.2, 0) is 11.8 Å². The second kappa shape index (κ2) is 4.69. The van der Waals surface area contributed by atoms with Gasteiger partial charge in [-0.3, -0.25) is 0 Å². The molecular formula is C14H20O2. The number of carboxylic acid groups (broad SMARTS) is 1. The number of carboxylic acids is 1. The van der Waals surface area contributed by atoms with Crippen LogP contribution in [0.3, 0.4) is 0 Å². The summed E-state index contributed by atoms with van der Waals surface area (Å²) in [5, 5.41) is 9.01. The Morgan fingerprint density at radius 2 is 1.94 bits per heavy atom. The summed E-state index contributed by atoms with van der Waals surface area (Å²) in [5.41, 5.74) is 2.83. The first-order valence-electron chi connectivity index (χ1n) is 5.79. The van der Waals surface area contributed by atoms with Crippen molar-refractivity contribution in [2.24, 2.45) is 0 Å². The molecular weight excluding hydrogens is 200 g/mol. The van der Waals surface area contributed by atoms with E-state index in [0.29, 0.717) is 5.56 Å². The maximum absolute atomic E-state index is 11.0. The molecule has 1 N–H and O–H groups in total. The Labute approximate surface area is 97.3 Å². The number of rotatable bonds is 4. The van der Waals surface area contributed by atoms with Gasteiger partial charge in [0.1, 0.15) is 0 Å². The zero-order valence-corrected chi connectivity index (χ0v) is 10.5. The smallest absolute Gasteiger partial charge is 0.335 e. The van der Waals surface area contributed by atoms with E-state index in [-0.39, 0.29) is 5.41 Å². The van der Waals surface area contributed by atoms with E-state index < -0.39 is 5.97 Å². The highest BCUT2D eigenvalue weighted by Crippen LogP contribution is 2.30. The van der Waals surface area contributed by atoms with Crippen LogP contribution in [-0.4, -0.2) is 11.1 Å². The van der Waals surface area contributed by atoms with Gasteiger partial charge in [0.2, 0.25) is 0 Å². The summed E-state index contributed by atoms with van der Waals surface area (Å²) in [6, 6.07) is 5.46. The molecule has 0 aliphatic carbocycles. The minimum atomic E-state index is -0.851. The molecule has 0 aliphatic heterocycles. The van der Waals surface area contributed by atoms with E-state index in [1.165, 1.54) is 5.56 Å². The number of aromatic carboxylic acids is 1. The van der Waals surface area contributed by atoms with Crippen LogP contribution >= 0.6 is 0 Å². The van der Waals surface area contributed by atoms with Crippen LogP contribution in [0.15, 0.2) is 18.2 Å². The normalized spacial score (nSPS) is 11.5. The predicted molar refractivity (Wildman–Crippen MR) is 66.1 cm³/mol. The average Bonchev–Trinajstić information content (AvgIpc) is 2.28. The largest absolute Gasteiger partial charge is 0.478 e. The van der Waals surface area contributed by atoms with Gasteiger partial charge in [0, 0.05) is 0 Å². The Bertz CT molecular complexity index is 392. The predicted octanol–water partition coefficient (Wildman–Crippen LogP) is 3.63.